The summed E-state index contributed by atoms with van der Waals surface area (Å²) >= 11 is 0. The summed E-state index contributed by atoms with van der Waals surface area (Å²) < 4.78 is 5.44. The number of carbonyl (C=O) groups excluding carboxylic acids is 1. The van der Waals surface area contributed by atoms with Crippen molar-refractivity contribution in [2.75, 3.05) is 32.8 Å². The van der Waals surface area contributed by atoms with Crippen LogP contribution < -0.4 is 0 Å². The van der Waals surface area contributed by atoms with Gasteiger partial charge in [0.2, 0.25) is 0 Å². The number of hydrogen-bond donors (Lipinski definition) is 1. The summed E-state index contributed by atoms with van der Waals surface area (Å²) in [6.45, 7) is 4.32. The van der Waals surface area contributed by atoms with Crippen LogP contribution >= 0.6 is 0 Å². The maximum Gasteiger partial charge on any atom is 0.407 e. The number of carboxylic acid groups (broad SMARTS) is 1. The molecule has 29 heavy (non-hydrogen) atoms. The zero-order valence-electron chi connectivity index (χ0n) is 16.7. The highest BCUT2D eigenvalue weighted by molar-refractivity contribution is 5.85. The van der Waals surface area contributed by atoms with E-state index in [1.54, 1.807) is 0 Å². The number of benzene rings is 1. The molecule has 0 aromatic heterocycles. The number of amidine groups is 1. The van der Waals surface area contributed by atoms with Gasteiger partial charge in [-0.2, -0.15) is 0 Å². The summed E-state index contributed by atoms with van der Waals surface area (Å²) in [6.07, 6.45) is 1.73. The number of carbonyl (C=O) groups is 2. The Balaban J connectivity index is 1.39. The summed E-state index contributed by atoms with van der Waals surface area (Å²) in [5, 5.41) is 13.3. The van der Waals surface area contributed by atoms with Crippen molar-refractivity contribution in [1.29, 1.82) is 0 Å². The lowest BCUT2D eigenvalue weighted by Crippen LogP contribution is -2.63. The molecule has 0 bridgehead atoms. The van der Waals surface area contributed by atoms with E-state index < -0.39 is 17.1 Å². The number of amides is 1. The fourth-order valence-corrected chi connectivity index (χ4v) is 4.54. The number of nitrogens with zero attached hydrogens (tertiary/aromatic N) is 3. The van der Waals surface area contributed by atoms with Gasteiger partial charge in [-0.05, 0) is 31.7 Å². The largest absolute Gasteiger partial charge is 0.466 e. The third kappa shape index (κ3) is 3.75. The van der Waals surface area contributed by atoms with Gasteiger partial charge in [0.25, 0.3) is 0 Å². The highest BCUT2D eigenvalue weighted by Gasteiger charge is 2.53. The molecule has 1 aromatic carbocycles. The first-order chi connectivity index (χ1) is 14.0. The molecule has 1 aromatic rings. The third-order valence-electron chi connectivity index (χ3n) is 6.23. The third-order valence-corrected chi connectivity index (χ3v) is 6.23. The molecule has 3 aliphatic heterocycles. The van der Waals surface area contributed by atoms with E-state index >= 15 is 0 Å². The molecule has 4 rings (SSSR count). The van der Waals surface area contributed by atoms with Gasteiger partial charge in [-0.15, -0.1) is 0 Å². The Morgan fingerprint density at radius 3 is 2.52 bits per heavy atom. The zero-order valence-corrected chi connectivity index (χ0v) is 16.7. The van der Waals surface area contributed by atoms with Crippen LogP contribution in [0.15, 0.2) is 35.5 Å². The minimum atomic E-state index is -0.925. The molecule has 0 unspecified atom stereocenters. The summed E-state index contributed by atoms with van der Waals surface area (Å²) in [6, 6.07) is 10.1. The van der Waals surface area contributed by atoms with Crippen molar-refractivity contribution in [3.8, 4) is 0 Å². The van der Waals surface area contributed by atoms with E-state index in [1.165, 1.54) is 4.90 Å². The van der Waals surface area contributed by atoms with Crippen LogP contribution in [0.3, 0.4) is 0 Å². The Hall–Kier alpha value is -2.77. The molecule has 2 fully saturated rings. The fraction of sp³-hybridized carbons (Fsp3) is 0.571. The van der Waals surface area contributed by atoms with Crippen LogP contribution in [0.5, 0.6) is 0 Å². The summed E-state index contributed by atoms with van der Waals surface area (Å²) in [4.78, 5) is 33.0. The molecule has 1 amide bonds. The molecule has 0 saturated carbocycles. The van der Waals surface area contributed by atoms with Crippen molar-refractivity contribution in [1.82, 2.24) is 9.80 Å². The van der Waals surface area contributed by atoms with Crippen molar-refractivity contribution in [3.63, 3.8) is 0 Å². The van der Waals surface area contributed by atoms with Crippen LogP contribution in [0.2, 0.25) is 0 Å². The summed E-state index contributed by atoms with van der Waals surface area (Å²) in [5.74, 6) is 0.730. The number of oxime groups is 1. The van der Waals surface area contributed by atoms with Gasteiger partial charge >= 0.3 is 12.1 Å². The Kier molecular flexibility index (Phi) is 5.10. The van der Waals surface area contributed by atoms with Gasteiger partial charge in [0.05, 0.1) is 31.5 Å². The quantitative estimate of drug-likeness (QED) is 0.779. The molecule has 1 N–H and O–H groups in total. The van der Waals surface area contributed by atoms with E-state index in [9.17, 15) is 9.59 Å². The molecular formula is C21H27N3O5. The van der Waals surface area contributed by atoms with Crippen molar-refractivity contribution in [2.24, 2.45) is 10.6 Å². The molecule has 156 valence electrons. The maximum absolute atomic E-state index is 12.9. The monoisotopic (exact) mass is 401 g/mol. The predicted octanol–water partition coefficient (Wildman–Crippen LogP) is 2.34. The molecule has 1 spiro atoms. The van der Waals surface area contributed by atoms with Crippen molar-refractivity contribution < 1.29 is 24.3 Å². The Morgan fingerprint density at radius 2 is 1.90 bits per heavy atom. The van der Waals surface area contributed by atoms with E-state index in [0.29, 0.717) is 58.5 Å². The number of esters is 1. The normalized spacial score (nSPS) is 21.9. The molecule has 0 radical (unpaired) electrons. The number of likely N-dealkylation sites (tertiary alicyclic amines) is 2. The number of piperidine rings is 1. The first kappa shape index (κ1) is 19.5. The standard InChI is InChI=1S/C21H27N3O5/c1-2-28-18(25)20(12-16-6-4-3-5-7-16)8-10-23(11-9-20)17-13-21(29-22-17)14-24(15-21)19(26)27/h3-7H,2,8-15H2,1H3,(H,26,27). The van der Waals surface area contributed by atoms with Gasteiger partial charge in [0.15, 0.2) is 5.60 Å². The first-order valence-corrected chi connectivity index (χ1v) is 10.1. The molecule has 2 saturated heterocycles. The van der Waals surface area contributed by atoms with E-state index in [2.05, 4.69) is 22.2 Å². The van der Waals surface area contributed by atoms with Gasteiger partial charge in [-0.3, -0.25) is 9.69 Å². The van der Waals surface area contributed by atoms with Crippen molar-refractivity contribution in [3.05, 3.63) is 35.9 Å². The van der Waals surface area contributed by atoms with E-state index in [1.807, 2.05) is 25.1 Å². The topological polar surface area (TPSA) is 91.7 Å². The smallest absolute Gasteiger partial charge is 0.407 e. The Labute approximate surface area is 170 Å². The van der Waals surface area contributed by atoms with Crippen LogP contribution in [-0.2, 0) is 20.8 Å². The van der Waals surface area contributed by atoms with Crippen LogP contribution in [-0.4, -0.2) is 71.2 Å². The van der Waals surface area contributed by atoms with Gasteiger partial charge in [0, 0.05) is 13.1 Å². The lowest BCUT2D eigenvalue weighted by atomic mass is 9.73. The molecule has 8 heteroatoms. The second kappa shape index (κ2) is 7.57. The number of rotatable bonds is 4. The molecule has 3 aliphatic rings. The van der Waals surface area contributed by atoms with Crippen LogP contribution in [0, 0.1) is 5.41 Å². The molecule has 8 nitrogen and oxygen atoms in total. The Bertz CT molecular complexity index is 796. The summed E-state index contributed by atoms with van der Waals surface area (Å²) in [7, 11) is 0. The lowest BCUT2D eigenvalue weighted by molar-refractivity contribution is -0.158. The minimum absolute atomic E-state index is 0.124. The fourth-order valence-electron chi connectivity index (χ4n) is 4.54. The van der Waals surface area contributed by atoms with E-state index in [4.69, 9.17) is 14.7 Å². The van der Waals surface area contributed by atoms with Gasteiger partial charge in [-0.1, -0.05) is 35.5 Å². The molecule has 0 atom stereocenters. The van der Waals surface area contributed by atoms with Crippen molar-refractivity contribution in [2.45, 2.75) is 38.2 Å². The minimum Gasteiger partial charge on any atom is -0.466 e. The zero-order chi connectivity index (χ0) is 20.5. The number of ether oxygens (including phenoxy) is 1. The second-order valence-corrected chi connectivity index (χ2v) is 8.25. The summed E-state index contributed by atoms with van der Waals surface area (Å²) in [5.41, 5.74) is 0.105. The van der Waals surface area contributed by atoms with Gasteiger partial charge in [-0.25, -0.2) is 4.79 Å². The van der Waals surface area contributed by atoms with E-state index in [-0.39, 0.29) is 5.97 Å². The first-order valence-electron chi connectivity index (χ1n) is 10.1. The SMILES string of the molecule is CCOC(=O)C1(Cc2ccccc2)CCN(C2=NOC3(C2)CN(C(=O)O)C3)CC1. The molecular weight excluding hydrogens is 374 g/mol. The predicted molar refractivity (Wildman–Crippen MR) is 105 cm³/mol. The van der Waals surface area contributed by atoms with Crippen LogP contribution in [0.4, 0.5) is 4.79 Å². The highest BCUT2D eigenvalue weighted by atomic mass is 16.7. The molecule has 0 aliphatic carbocycles. The van der Waals surface area contributed by atoms with E-state index in [0.717, 1.165) is 11.4 Å². The molecule has 3 heterocycles. The van der Waals surface area contributed by atoms with Gasteiger partial charge in [0.1, 0.15) is 5.84 Å². The maximum atomic E-state index is 12.9. The van der Waals surface area contributed by atoms with Crippen LogP contribution in [0.25, 0.3) is 0 Å². The Morgan fingerprint density at radius 1 is 1.21 bits per heavy atom. The van der Waals surface area contributed by atoms with Gasteiger partial charge < -0.3 is 19.6 Å². The average molecular weight is 401 g/mol. The van der Waals surface area contributed by atoms with Crippen LogP contribution in [0.1, 0.15) is 31.7 Å². The lowest BCUT2D eigenvalue weighted by Gasteiger charge is -2.44. The average Bonchev–Trinajstić information content (AvgIpc) is 3.14. The highest BCUT2D eigenvalue weighted by Crippen LogP contribution is 2.39. The number of hydrogen-bond acceptors (Lipinski definition) is 6. The second-order valence-electron chi connectivity index (χ2n) is 8.25. The van der Waals surface area contributed by atoms with Crippen molar-refractivity contribution >= 4 is 17.9 Å².